The van der Waals surface area contributed by atoms with Gasteiger partial charge in [-0.2, -0.15) is 0 Å². The Bertz CT molecular complexity index is 3320. The first kappa shape index (κ1) is 50.2. The fourth-order valence-corrected chi connectivity index (χ4v) is 18.0. The molecule has 0 radical (unpaired) electrons. The van der Waals surface area contributed by atoms with Crippen LogP contribution in [0.25, 0.3) is 10.1 Å². The third kappa shape index (κ3) is 7.94. The minimum absolute atomic E-state index is 0.00448. The maximum Gasteiger partial charge on any atom is 0.264 e. The zero-order valence-electron chi connectivity index (χ0n) is 49.0. The number of thiophene rings is 1. The SMILES string of the molecule is CC(C)(C)c1ccc2c(c1)B1c3sc4cc5c(cc4c3N(c3ccc4c(c3)C(C)(C)CCC4(C)C)c3cc(CCC4CC6CCCC(C6)C4)cc(c31)N2c1ccc2c(c1)C(C)(C)CCC2(C)C)C(C)(C)CCC5(C)C. The van der Waals surface area contributed by atoms with E-state index in [2.05, 4.69) is 204 Å². The predicted molar refractivity (Wildman–Crippen MR) is 327 cm³/mol. The van der Waals surface area contributed by atoms with Gasteiger partial charge in [-0.15, -0.1) is 11.3 Å². The molecule has 2 atom stereocenters. The summed E-state index contributed by atoms with van der Waals surface area (Å²) in [6, 6.07) is 34.0. The molecule has 4 heteroatoms. The topological polar surface area (TPSA) is 6.48 Å². The molecule has 2 aliphatic heterocycles. The van der Waals surface area contributed by atoms with Gasteiger partial charge in [0.1, 0.15) is 0 Å². The fourth-order valence-electron chi connectivity index (χ4n) is 16.7. The van der Waals surface area contributed by atoms with Gasteiger partial charge in [-0.3, -0.25) is 0 Å². The summed E-state index contributed by atoms with van der Waals surface area (Å²) in [5.74, 6) is 2.70. The van der Waals surface area contributed by atoms with Gasteiger partial charge in [-0.1, -0.05) is 147 Å². The normalized spacial score (nSPS) is 24.9. The molecule has 0 saturated heterocycles. The summed E-state index contributed by atoms with van der Waals surface area (Å²) in [7, 11) is 0. The van der Waals surface area contributed by atoms with Crippen LogP contribution in [-0.2, 0) is 44.3 Å². The summed E-state index contributed by atoms with van der Waals surface area (Å²) in [5, 5.41) is 1.44. The molecule has 2 bridgehead atoms. The first-order chi connectivity index (χ1) is 35.2. The second-order valence-electron chi connectivity index (χ2n) is 30.9. The first-order valence-electron chi connectivity index (χ1n) is 30.0. The Morgan fingerprint density at radius 1 is 0.520 bits per heavy atom. The highest BCUT2D eigenvalue weighted by atomic mass is 32.1. The maximum absolute atomic E-state index is 2.85. The Morgan fingerprint density at radius 3 is 1.56 bits per heavy atom. The van der Waals surface area contributed by atoms with Crippen molar-refractivity contribution in [2.45, 2.75) is 232 Å². The fraction of sp³-hybridized carbons (Fsp3) is 0.549. The molecule has 2 saturated carbocycles. The summed E-state index contributed by atoms with van der Waals surface area (Å²) in [6.07, 6.45) is 18.4. The van der Waals surface area contributed by atoms with E-state index in [-0.39, 0.29) is 44.6 Å². The van der Waals surface area contributed by atoms with Crippen LogP contribution in [0.3, 0.4) is 0 Å². The highest BCUT2D eigenvalue weighted by molar-refractivity contribution is 7.33. The highest BCUT2D eigenvalue weighted by Gasteiger charge is 2.49. The average Bonchev–Trinajstić information content (AvgIpc) is 3.72. The van der Waals surface area contributed by atoms with E-state index in [1.165, 1.54) is 177 Å². The number of benzene rings is 5. The molecule has 2 unspecified atom stereocenters. The van der Waals surface area contributed by atoms with Crippen molar-refractivity contribution >= 4 is 78.0 Å². The van der Waals surface area contributed by atoms with Gasteiger partial charge in [0, 0.05) is 43.3 Å². The van der Waals surface area contributed by atoms with E-state index in [1.807, 2.05) is 0 Å². The Kier molecular flexibility index (Phi) is 11.1. The summed E-state index contributed by atoms with van der Waals surface area (Å²) >= 11 is 2.11. The molecule has 0 amide bonds. The minimum Gasteiger partial charge on any atom is -0.311 e. The predicted octanol–water partition coefficient (Wildman–Crippen LogP) is 18.5. The van der Waals surface area contributed by atoms with Crippen molar-refractivity contribution in [3.8, 4) is 0 Å². The molecule has 5 aromatic carbocycles. The maximum atomic E-state index is 2.85. The lowest BCUT2D eigenvalue weighted by molar-refractivity contribution is 0.132. The van der Waals surface area contributed by atoms with Gasteiger partial charge < -0.3 is 9.80 Å². The molecule has 1 aromatic heterocycles. The van der Waals surface area contributed by atoms with Crippen LogP contribution >= 0.6 is 11.3 Å². The zero-order valence-corrected chi connectivity index (χ0v) is 49.8. The smallest absolute Gasteiger partial charge is 0.264 e. The van der Waals surface area contributed by atoms with Crippen LogP contribution in [0.1, 0.15) is 232 Å². The number of hydrogen-bond donors (Lipinski definition) is 0. The van der Waals surface area contributed by atoms with Crippen LogP contribution in [0.15, 0.2) is 78.9 Å². The van der Waals surface area contributed by atoms with Crippen molar-refractivity contribution in [3.63, 3.8) is 0 Å². The molecule has 0 N–H and O–H groups in total. The lowest BCUT2D eigenvalue weighted by Gasteiger charge is -2.46. The van der Waals surface area contributed by atoms with Crippen molar-refractivity contribution < 1.29 is 0 Å². The molecular formula is C71H89BN2S. The molecule has 392 valence electrons. The van der Waals surface area contributed by atoms with E-state index in [0.29, 0.717) is 0 Å². The van der Waals surface area contributed by atoms with Crippen LogP contribution in [0.4, 0.5) is 34.1 Å². The Balaban J connectivity index is 1.12. The minimum atomic E-state index is -0.00448. The Hall–Kier alpha value is -4.28. The molecule has 13 rings (SSSR count). The van der Waals surface area contributed by atoms with Crippen LogP contribution in [0, 0.1) is 17.8 Å². The number of hydrogen-bond acceptors (Lipinski definition) is 3. The molecule has 2 nitrogen and oxygen atoms in total. The van der Waals surface area contributed by atoms with Crippen molar-refractivity contribution in [1.29, 1.82) is 0 Å². The lowest BCUT2D eigenvalue weighted by Crippen LogP contribution is -2.60. The Morgan fingerprint density at radius 2 is 1.01 bits per heavy atom. The van der Waals surface area contributed by atoms with Gasteiger partial charge in [-0.25, -0.2) is 0 Å². The number of aryl methyl sites for hydroxylation is 1. The van der Waals surface area contributed by atoms with Gasteiger partial charge >= 0.3 is 0 Å². The molecule has 2 fully saturated rings. The Labute approximate surface area is 458 Å². The summed E-state index contributed by atoms with van der Waals surface area (Å²) in [5.41, 5.74) is 24.0. The van der Waals surface area contributed by atoms with Crippen LogP contribution in [-0.4, -0.2) is 6.71 Å². The third-order valence-corrected chi connectivity index (χ3v) is 23.0. The zero-order chi connectivity index (χ0) is 52.7. The number of rotatable bonds is 5. The standard InChI is InChI=1S/C71H89BN2S/c1-65(2,3)47-21-26-58-57(38-47)72-62-59(73(58)48-22-24-51-53(39-48)68(8,9)29-27-66(51,4)5)36-46(20-19-45-34-43-17-16-18-44(33-43)35-45)37-60(62)74(49-23-25-52-54(40-49)69(10,11)30-28-67(52,6)7)63-50-41-55-56(42-61(50)75-64(63)72)71(14,15)32-31-70(55,12)13/h21-26,36-45H,16-20,27-35H2,1-15H3. The number of anilines is 6. The van der Waals surface area contributed by atoms with Crippen molar-refractivity contribution in [1.82, 2.24) is 0 Å². The molecule has 75 heavy (non-hydrogen) atoms. The first-order valence-corrected chi connectivity index (χ1v) is 30.9. The molecule has 7 aliphatic rings. The lowest BCUT2D eigenvalue weighted by atomic mass is 9.36. The van der Waals surface area contributed by atoms with Crippen LogP contribution < -0.4 is 25.5 Å². The van der Waals surface area contributed by atoms with E-state index in [1.54, 1.807) is 11.1 Å². The average molecular weight is 1010 g/mol. The van der Waals surface area contributed by atoms with E-state index in [9.17, 15) is 0 Å². The second-order valence-corrected chi connectivity index (χ2v) is 32.0. The van der Waals surface area contributed by atoms with Gasteiger partial charge in [-0.05, 0) is 236 Å². The molecule has 0 spiro atoms. The summed E-state index contributed by atoms with van der Waals surface area (Å²) in [4.78, 5) is 5.61. The number of nitrogens with zero attached hydrogens (tertiary/aromatic N) is 2. The van der Waals surface area contributed by atoms with E-state index < -0.39 is 0 Å². The van der Waals surface area contributed by atoms with E-state index in [4.69, 9.17) is 0 Å². The van der Waals surface area contributed by atoms with E-state index in [0.717, 1.165) is 24.2 Å². The van der Waals surface area contributed by atoms with Crippen molar-refractivity contribution in [3.05, 3.63) is 123 Å². The molecule has 6 aromatic rings. The highest BCUT2D eigenvalue weighted by Crippen LogP contribution is 2.56. The quantitative estimate of drug-likeness (QED) is 0.159. The van der Waals surface area contributed by atoms with Gasteiger partial charge in [0.05, 0.1) is 5.69 Å². The molecule has 5 aliphatic carbocycles. The largest absolute Gasteiger partial charge is 0.311 e. The van der Waals surface area contributed by atoms with Gasteiger partial charge in [0.25, 0.3) is 6.71 Å². The summed E-state index contributed by atoms with van der Waals surface area (Å²) < 4.78 is 2.96. The second kappa shape index (κ2) is 16.6. The third-order valence-electron chi connectivity index (χ3n) is 21.8. The van der Waals surface area contributed by atoms with E-state index >= 15 is 0 Å². The van der Waals surface area contributed by atoms with Crippen molar-refractivity contribution in [2.75, 3.05) is 9.80 Å². The van der Waals surface area contributed by atoms with Crippen LogP contribution in [0.2, 0.25) is 0 Å². The van der Waals surface area contributed by atoms with Gasteiger partial charge in [0.2, 0.25) is 0 Å². The number of fused-ring (bicyclic) bond motifs is 11. The molecular weight excluding hydrogens is 924 g/mol. The summed E-state index contributed by atoms with van der Waals surface area (Å²) in [6.45, 7) is 37.4. The van der Waals surface area contributed by atoms with Gasteiger partial charge in [0.15, 0.2) is 0 Å². The molecule has 3 heterocycles. The monoisotopic (exact) mass is 1010 g/mol. The van der Waals surface area contributed by atoms with Crippen LogP contribution in [0.5, 0.6) is 0 Å². The van der Waals surface area contributed by atoms with Crippen molar-refractivity contribution in [2.24, 2.45) is 17.8 Å².